The Morgan fingerprint density at radius 1 is 1.12 bits per heavy atom. The number of ether oxygens (including phenoxy) is 1. The molecule has 0 unspecified atom stereocenters. The summed E-state index contributed by atoms with van der Waals surface area (Å²) in [6.07, 6.45) is 4.99. The van der Waals surface area contributed by atoms with Gasteiger partial charge in [0.25, 0.3) is 0 Å². The van der Waals surface area contributed by atoms with Crippen molar-refractivity contribution in [1.29, 1.82) is 0 Å². The Balaban J connectivity index is 1.69. The quantitative estimate of drug-likeness (QED) is 0.605. The molecular weight excluding hydrogens is 333 g/mol. The highest BCUT2D eigenvalue weighted by Crippen LogP contribution is 2.30. The molecule has 1 aromatic carbocycles. The number of halogens is 1. The molecule has 5 nitrogen and oxygen atoms in total. The average molecular weight is 349 g/mol. The van der Waals surface area contributed by atoms with Gasteiger partial charge in [0, 0.05) is 29.7 Å². The fraction of sp³-hybridized carbons (Fsp3) is 0.100. The lowest BCUT2D eigenvalue weighted by molar-refractivity contribution is 0.399. The topological polar surface area (TPSA) is 60.2 Å². The molecule has 130 valence electrons. The molecule has 6 heteroatoms. The summed E-state index contributed by atoms with van der Waals surface area (Å²) in [5, 5.41) is 11.0. The Morgan fingerprint density at radius 2 is 1.92 bits per heavy atom. The smallest absolute Gasteiger partial charge is 0.221 e. The number of benzene rings is 1. The van der Waals surface area contributed by atoms with E-state index in [1.807, 2.05) is 12.1 Å². The first-order chi connectivity index (χ1) is 12.7. The minimum Gasteiger partial charge on any atom is -0.494 e. The molecule has 4 aromatic rings. The number of fused-ring (bicyclic) bond motifs is 1. The Hall–Kier alpha value is -3.41. The maximum absolute atomic E-state index is 14.7. The first-order valence-corrected chi connectivity index (χ1v) is 8.08. The van der Waals surface area contributed by atoms with Crippen molar-refractivity contribution in [2.75, 3.05) is 7.11 Å². The highest BCUT2D eigenvalue weighted by Gasteiger charge is 2.13. The van der Waals surface area contributed by atoms with Crippen molar-refractivity contribution in [3.8, 4) is 22.9 Å². The largest absolute Gasteiger partial charge is 0.494 e. The second-order valence-electron chi connectivity index (χ2n) is 5.88. The zero-order chi connectivity index (χ0) is 18.1. The minimum absolute atomic E-state index is 0.0745. The van der Waals surface area contributed by atoms with Crippen LogP contribution in [0.2, 0.25) is 0 Å². The lowest BCUT2D eigenvalue weighted by Gasteiger charge is -2.10. The van der Waals surface area contributed by atoms with E-state index in [4.69, 9.17) is 4.74 Å². The van der Waals surface area contributed by atoms with Gasteiger partial charge in [0.15, 0.2) is 0 Å². The summed E-state index contributed by atoms with van der Waals surface area (Å²) in [6.45, 7) is 0.207. The number of rotatable bonds is 4. The molecule has 0 aliphatic carbocycles. The summed E-state index contributed by atoms with van der Waals surface area (Å²) in [5.74, 6) is 0.157. The molecule has 0 amide bonds. The summed E-state index contributed by atoms with van der Waals surface area (Å²) in [5.41, 5.74) is 2.54. The van der Waals surface area contributed by atoms with Gasteiger partial charge in [-0.3, -0.25) is 4.98 Å². The number of pyridine rings is 2. The van der Waals surface area contributed by atoms with Gasteiger partial charge in [0.1, 0.15) is 5.82 Å². The van der Waals surface area contributed by atoms with E-state index in [1.54, 1.807) is 47.4 Å². The van der Waals surface area contributed by atoms with Crippen molar-refractivity contribution in [2.45, 2.75) is 6.54 Å². The third kappa shape index (κ3) is 2.75. The zero-order valence-electron chi connectivity index (χ0n) is 14.1. The van der Waals surface area contributed by atoms with Crippen LogP contribution in [0.15, 0.2) is 61.1 Å². The summed E-state index contributed by atoms with van der Waals surface area (Å²) in [6, 6.07) is 12.1. The van der Waals surface area contributed by atoms with E-state index >= 15 is 0 Å². The molecule has 3 aromatic heterocycles. The molecule has 4 rings (SSSR count). The van der Waals surface area contributed by atoms with Gasteiger partial charge in [0.05, 0.1) is 24.6 Å². The van der Waals surface area contributed by atoms with Crippen LogP contribution >= 0.6 is 0 Å². The summed E-state index contributed by atoms with van der Waals surface area (Å²) >= 11 is 0. The van der Waals surface area contributed by atoms with Crippen molar-refractivity contribution in [2.24, 2.45) is 0 Å². The van der Waals surface area contributed by atoms with Gasteiger partial charge in [-0.05, 0) is 35.9 Å². The van der Waals surface area contributed by atoms with E-state index < -0.39 is 0 Å². The number of nitrogens with zero attached hydrogens (tertiary/aromatic N) is 3. The van der Waals surface area contributed by atoms with Gasteiger partial charge >= 0.3 is 0 Å². The van der Waals surface area contributed by atoms with Crippen LogP contribution in [-0.4, -0.2) is 26.8 Å². The molecule has 0 fully saturated rings. The monoisotopic (exact) mass is 349 g/mol. The summed E-state index contributed by atoms with van der Waals surface area (Å²) < 4.78 is 21.5. The Kier molecular flexibility index (Phi) is 4.01. The van der Waals surface area contributed by atoms with E-state index in [0.717, 1.165) is 5.56 Å². The predicted octanol–water partition coefficient (Wildman–Crippen LogP) is 4.00. The molecule has 0 saturated heterocycles. The van der Waals surface area contributed by atoms with Gasteiger partial charge in [-0.1, -0.05) is 12.1 Å². The SMILES string of the molecule is COc1ncccc1-c1ccc(Cn2cc3ncccc3c2O)c(F)c1. The van der Waals surface area contributed by atoms with Crippen molar-refractivity contribution >= 4 is 10.9 Å². The van der Waals surface area contributed by atoms with Crippen molar-refractivity contribution in [3.63, 3.8) is 0 Å². The molecule has 26 heavy (non-hydrogen) atoms. The Labute approximate surface area is 149 Å². The van der Waals surface area contributed by atoms with Crippen LogP contribution in [0.5, 0.6) is 11.8 Å². The highest BCUT2D eigenvalue weighted by atomic mass is 19.1. The normalized spacial score (nSPS) is 11.0. The van der Waals surface area contributed by atoms with Crippen LogP contribution in [0.1, 0.15) is 5.56 Å². The average Bonchev–Trinajstić information content (AvgIpc) is 2.99. The Morgan fingerprint density at radius 3 is 2.69 bits per heavy atom. The maximum Gasteiger partial charge on any atom is 0.221 e. The molecule has 0 atom stereocenters. The molecule has 0 bridgehead atoms. The van der Waals surface area contributed by atoms with Gasteiger partial charge in [-0.15, -0.1) is 0 Å². The van der Waals surface area contributed by atoms with E-state index in [2.05, 4.69) is 9.97 Å². The zero-order valence-corrected chi connectivity index (χ0v) is 14.1. The Bertz CT molecular complexity index is 1090. The van der Waals surface area contributed by atoms with E-state index in [1.165, 1.54) is 13.2 Å². The molecule has 0 spiro atoms. The van der Waals surface area contributed by atoms with Gasteiger partial charge < -0.3 is 14.4 Å². The number of hydrogen-bond donors (Lipinski definition) is 1. The molecule has 3 heterocycles. The number of aromatic hydroxyl groups is 1. The molecule has 0 saturated carbocycles. The van der Waals surface area contributed by atoms with Crippen molar-refractivity contribution in [1.82, 2.24) is 14.5 Å². The standard InChI is InChI=1S/C20H16FN3O2/c1-26-19-15(4-2-9-23-19)13-6-7-14(17(21)10-13)11-24-12-18-16(20(24)25)5-3-8-22-18/h2-10,12,25H,11H2,1H3. The van der Waals surface area contributed by atoms with Gasteiger partial charge in [-0.2, -0.15) is 0 Å². The van der Waals surface area contributed by atoms with Gasteiger partial charge in [-0.25, -0.2) is 9.37 Å². The fourth-order valence-electron chi connectivity index (χ4n) is 2.99. The van der Waals surface area contributed by atoms with E-state index in [0.29, 0.717) is 27.9 Å². The maximum atomic E-state index is 14.7. The van der Waals surface area contributed by atoms with Crippen LogP contribution in [0.4, 0.5) is 4.39 Å². The number of aromatic nitrogens is 3. The first kappa shape index (κ1) is 16.1. The number of methoxy groups -OCH3 is 1. The second-order valence-corrected chi connectivity index (χ2v) is 5.88. The molecule has 1 N–H and O–H groups in total. The van der Waals surface area contributed by atoms with Crippen LogP contribution < -0.4 is 4.74 Å². The third-order valence-electron chi connectivity index (χ3n) is 4.30. The summed E-state index contributed by atoms with van der Waals surface area (Å²) in [7, 11) is 1.53. The first-order valence-electron chi connectivity index (χ1n) is 8.08. The molecule has 0 aliphatic heterocycles. The van der Waals surface area contributed by atoms with Gasteiger partial charge in [0.2, 0.25) is 11.8 Å². The van der Waals surface area contributed by atoms with Crippen molar-refractivity contribution in [3.05, 3.63) is 72.4 Å². The predicted molar refractivity (Wildman–Crippen MR) is 96.7 cm³/mol. The lowest BCUT2D eigenvalue weighted by atomic mass is 10.0. The van der Waals surface area contributed by atoms with Crippen LogP contribution in [0.25, 0.3) is 22.0 Å². The number of hydrogen-bond acceptors (Lipinski definition) is 4. The minimum atomic E-state index is -0.362. The molecule has 0 aliphatic rings. The van der Waals surface area contributed by atoms with Crippen molar-refractivity contribution < 1.29 is 14.2 Å². The fourth-order valence-corrected chi connectivity index (χ4v) is 2.99. The molecule has 0 radical (unpaired) electrons. The second kappa shape index (κ2) is 6.48. The third-order valence-corrected chi connectivity index (χ3v) is 4.30. The lowest BCUT2D eigenvalue weighted by Crippen LogP contribution is -2.00. The summed E-state index contributed by atoms with van der Waals surface area (Å²) in [4.78, 5) is 8.34. The van der Waals surface area contributed by atoms with Crippen LogP contribution in [0, 0.1) is 5.82 Å². The van der Waals surface area contributed by atoms with E-state index in [9.17, 15) is 9.50 Å². The van der Waals surface area contributed by atoms with E-state index in [-0.39, 0.29) is 18.2 Å². The molecular formula is C20H16FN3O2. The van der Waals surface area contributed by atoms with Crippen LogP contribution in [0.3, 0.4) is 0 Å². The highest BCUT2D eigenvalue weighted by molar-refractivity contribution is 5.84. The van der Waals surface area contributed by atoms with Crippen LogP contribution in [-0.2, 0) is 6.54 Å².